The predicted molar refractivity (Wildman–Crippen MR) is 82.2 cm³/mol. The summed E-state index contributed by atoms with van der Waals surface area (Å²) < 4.78 is 6.36. The van der Waals surface area contributed by atoms with Gasteiger partial charge in [0.2, 0.25) is 6.41 Å². The lowest BCUT2D eigenvalue weighted by Gasteiger charge is -2.38. The first-order valence-electron chi connectivity index (χ1n) is 7.91. The molecule has 4 heteroatoms. The number of hydrogen-bond donors (Lipinski definition) is 2. The zero-order valence-corrected chi connectivity index (χ0v) is 12.6. The molecule has 0 aliphatic carbocycles. The van der Waals surface area contributed by atoms with Gasteiger partial charge in [-0.3, -0.25) is 4.79 Å². The summed E-state index contributed by atoms with van der Waals surface area (Å²) in [5.41, 5.74) is 4.00. The highest BCUT2D eigenvalue weighted by molar-refractivity contribution is 5.46. The maximum absolute atomic E-state index is 10.6. The van der Waals surface area contributed by atoms with E-state index in [1.165, 1.54) is 29.5 Å². The lowest BCUT2D eigenvalue weighted by Crippen LogP contribution is -2.41. The number of hydrogen-bond acceptors (Lipinski definition) is 3. The topological polar surface area (TPSA) is 50.4 Å². The van der Waals surface area contributed by atoms with Gasteiger partial charge < -0.3 is 15.4 Å². The predicted octanol–water partition coefficient (Wildman–Crippen LogP) is 1.72. The molecule has 4 nitrogen and oxygen atoms in total. The molecule has 21 heavy (non-hydrogen) atoms. The van der Waals surface area contributed by atoms with Crippen LogP contribution in [0.25, 0.3) is 0 Å². The molecule has 0 saturated carbocycles. The van der Waals surface area contributed by atoms with Gasteiger partial charge >= 0.3 is 0 Å². The van der Waals surface area contributed by atoms with Crippen molar-refractivity contribution in [1.29, 1.82) is 0 Å². The lowest BCUT2D eigenvalue weighted by molar-refractivity contribution is -0.111. The molecule has 1 aromatic rings. The Balaban J connectivity index is 1.83. The third-order valence-corrected chi connectivity index (χ3v) is 4.83. The van der Waals surface area contributed by atoms with Gasteiger partial charge in [0, 0.05) is 6.54 Å². The number of rotatable bonds is 4. The molecule has 0 radical (unpaired) electrons. The van der Waals surface area contributed by atoms with Crippen LogP contribution in [-0.4, -0.2) is 32.1 Å². The Hall–Kier alpha value is -1.39. The minimum atomic E-state index is -0.0151. The lowest BCUT2D eigenvalue weighted by atomic mass is 9.83. The van der Waals surface area contributed by atoms with Crippen LogP contribution in [0.1, 0.15) is 35.6 Å². The van der Waals surface area contributed by atoms with Crippen molar-refractivity contribution < 1.29 is 9.53 Å². The third kappa shape index (κ3) is 3.11. The summed E-state index contributed by atoms with van der Waals surface area (Å²) in [6, 6.07) is 6.39. The highest BCUT2D eigenvalue weighted by Crippen LogP contribution is 2.36. The van der Waals surface area contributed by atoms with E-state index in [0.717, 1.165) is 25.9 Å². The van der Waals surface area contributed by atoms with Crippen LogP contribution in [0, 0.1) is 12.8 Å². The van der Waals surface area contributed by atoms with E-state index in [4.69, 9.17) is 4.74 Å². The Morgan fingerprint density at radius 3 is 2.95 bits per heavy atom. The molecule has 114 valence electrons. The molecular weight excluding hydrogens is 264 g/mol. The van der Waals surface area contributed by atoms with Crippen LogP contribution >= 0.6 is 0 Å². The molecule has 3 rings (SSSR count). The Labute approximate surface area is 126 Å². The zero-order valence-electron chi connectivity index (χ0n) is 12.6. The average Bonchev–Trinajstić information content (AvgIpc) is 2.54. The van der Waals surface area contributed by atoms with Crippen molar-refractivity contribution in [3.63, 3.8) is 0 Å². The number of piperidine rings is 1. The van der Waals surface area contributed by atoms with E-state index < -0.39 is 0 Å². The van der Waals surface area contributed by atoms with Crippen LogP contribution in [0.3, 0.4) is 0 Å². The van der Waals surface area contributed by atoms with E-state index in [1.807, 2.05) is 0 Å². The van der Waals surface area contributed by atoms with E-state index in [2.05, 4.69) is 35.8 Å². The van der Waals surface area contributed by atoms with Crippen molar-refractivity contribution >= 4 is 6.41 Å². The van der Waals surface area contributed by atoms with Crippen LogP contribution in [-0.2, 0) is 16.0 Å². The number of carbonyl (C=O) groups is 1. The number of benzene rings is 1. The fourth-order valence-electron chi connectivity index (χ4n) is 3.65. The maximum atomic E-state index is 10.6. The van der Waals surface area contributed by atoms with Gasteiger partial charge in [-0.05, 0) is 61.9 Å². The summed E-state index contributed by atoms with van der Waals surface area (Å²) in [5, 5.41) is 6.20. The second-order valence-electron chi connectivity index (χ2n) is 6.12. The molecule has 1 saturated heterocycles. The summed E-state index contributed by atoms with van der Waals surface area (Å²) >= 11 is 0. The van der Waals surface area contributed by atoms with Gasteiger partial charge in [-0.2, -0.15) is 0 Å². The van der Waals surface area contributed by atoms with E-state index >= 15 is 0 Å². The molecule has 0 bridgehead atoms. The van der Waals surface area contributed by atoms with Crippen molar-refractivity contribution in [3.05, 3.63) is 34.9 Å². The second-order valence-corrected chi connectivity index (χ2v) is 6.12. The third-order valence-electron chi connectivity index (χ3n) is 4.83. The number of carbonyl (C=O) groups excluding carboxylic acids is 1. The standard InChI is InChI=1S/C17H24N2O2/c1-12-3-2-4-14-15(12)9-16(13-5-7-18-8-6-13)21-17(14)10-19-11-20/h2-4,11,13,16-18H,5-10H2,1H3,(H,19,20)/t16-,17-/m0/s1. The van der Waals surface area contributed by atoms with E-state index in [9.17, 15) is 4.79 Å². The molecule has 1 fully saturated rings. The molecule has 2 heterocycles. The second kappa shape index (κ2) is 6.58. The van der Waals surface area contributed by atoms with Crippen LogP contribution in [0.5, 0.6) is 0 Å². The molecule has 2 atom stereocenters. The quantitative estimate of drug-likeness (QED) is 0.830. The van der Waals surface area contributed by atoms with Crippen molar-refractivity contribution in [2.45, 2.75) is 38.4 Å². The Morgan fingerprint density at radius 1 is 1.38 bits per heavy atom. The van der Waals surface area contributed by atoms with Crippen LogP contribution < -0.4 is 10.6 Å². The molecule has 0 aromatic heterocycles. The summed E-state index contributed by atoms with van der Waals surface area (Å²) in [5.74, 6) is 0.623. The molecular formula is C17H24N2O2. The monoisotopic (exact) mass is 288 g/mol. The van der Waals surface area contributed by atoms with E-state index in [0.29, 0.717) is 12.5 Å². The van der Waals surface area contributed by atoms with Gasteiger partial charge in [0.25, 0.3) is 0 Å². The van der Waals surface area contributed by atoms with Crippen molar-refractivity contribution in [2.75, 3.05) is 19.6 Å². The fourth-order valence-corrected chi connectivity index (χ4v) is 3.65. The van der Waals surface area contributed by atoms with Gasteiger partial charge in [-0.1, -0.05) is 18.2 Å². The summed E-state index contributed by atoms with van der Waals surface area (Å²) in [6.07, 6.45) is 4.38. The highest BCUT2D eigenvalue weighted by atomic mass is 16.5. The Kier molecular flexibility index (Phi) is 4.56. The summed E-state index contributed by atoms with van der Waals surface area (Å²) in [6.45, 7) is 4.90. The van der Waals surface area contributed by atoms with Gasteiger partial charge in [-0.25, -0.2) is 0 Å². The minimum Gasteiger partial charge on any atom is -0.368 e. The number of ether oxygens (including phenoxy) is 1. The molecule has 1 aromatic carbocycles. The van der Waals surface area contributed by atoms with E-state index in [-0.39, 0.29) is 12.2 Å². The van der Waals surface area contributed by atoms with Gasteiger partial charge in [0.05, 0.1) is 6.10 Å². The minimum absolute atomic E-state index is 0.0151. The van der Waals surface area contributed by atoms with Crippen molar-refractivity contribution in [1.82, 2.24) is 10.6 Å². The molecule has 0 spiro atoms. The molecule has 2 aliphatic rings. The Morgan fingerprint density at radius 2 is 2.19 bits per heavy atom. The van der Waals surface area contributed by atoms with Gasteiger partial charge in [0.1, 0.15) is 6.10 Å². The molecule has 2 N–H and O–H groups in total. The number of fused-ring (bicyclic) bond motifs is 1. The largest absolute Gasteiger partial charge is 0.368 e. The number of nitrogens with one attached hydrogen (secondary N) is 2. The smallest absolute Gasteiger partial charge is 0.207 e. The maximum Gasteiger partial charge on any atom is 0.207 e. The van der Waals surface area contributed by atoms with E-state index in [1.54, 1.807) is 0 Å². The molecule has 1 amide bonds. The van der Waals surface area contributed by atoms with Crippen LogP contribution in [0.4, 0.5) is 0 Å². The van der Waals surface area contributed by atoms with Crippen LogP contribution in [0.15, 0.2) is 18.2 Å². The number of aryl methyl sites for hydroxylation is 1. The zero-order chi connectivity index (χ0) is 14.7. The van der Waals surface area contributed by atoms with Crippen molar-refractivity contribution in [2.24, 2.45) is 5.92 Å². The van der Waals surface area contributed by atoms with Crippen LogP contribution in [0.2, 0.25) is 0 Å². The van der Waals surface area contributed by atoms with Crippen molar-refractivity contribution in [3.8, 4) is 0 Å². The normalized spacial score (nSPS) is 26.1. The molecule has 2 aliphatic heterocycles. The Bertz CT molecular complexity index is 498. The summed E-state index contributed by atoms with van der Waals surface area (Å²) in [4.78, 5) is 10.6. The van der Waals surface area contributed by atoms with Gasteiger partial charge in [0.15, 0.2) is 0 Å². The average molecular weight is 288 g/mol. The first kappa shape index (κ1) is 14.5. The first-order valence-corrected chi connectivity index (χ1v) is 7.91. The SMILES string of the molecule is Cc1cccc2c1C[C@@H](C1CCNCC1)O[C@H]2CNC=O. The fraction of sp³-hybridized carbons (Fsp3) is 0.588. The highest BCUT2D eigenvalue weighted by Gasteiger charge is 2.33. The number of amides is 1. The van der Waals surface area contributed by atoms with Gasteiger partial charge in [-0.15, -0.1) is 0 Å². The molecule has 0 unspecified atom stereocenters. The summed E-state index contributed by atoms with van der Waals surface area (Å²) in [7, 11) is 0. The first-order chi connectivity index (χ1) is 10.3.